The summed E-state index contributed by atoms with van der Waals surface area (Å²) < 4.78 is 10.2. The third kappa shape index (κ3) is 6.55. The molecule has 0 saturated heterocycles. The highest BCUT2D eigenvalue weighted by Gasteiger charge is 2.31. The Balaban J connectivity index is 0.000000141. The summed E-state index contributed by atoms with van der Waals surface area (Å²) in [5.74, 6) is 2.00. The molecule has 2 fully saturated rings. The van der Waals surface area contributed by atoms with E-state index in [9.17, 15) is 4.79 Å². The van der Waals surface area contributed by atoms with Gasteiger partial charge in [-0.2, -0.15) is 9.59 Å². The molecule has 4 heterocycles. The molecule has 6 heteroatoms. The maximum absolute atomic E-state index is 10.8. The second kappa shape index (κ2) is 15.4. The number of aryl methyl sites for hydroxylation is 5. The summed E-state index contributed by atoms with van der Waals surface area (Å²) in [5.41, 5.74) is 16.0. The summed E-state index contributed by atoms with van der Waals surface area (Å²) in [7, 11) is 0. The van der Waals surface area contributed by atoms with E-state index >= 15 is 0 Å². The van der Waals surface area contributed by atoms with Crippen molar-refractivity contribution >= 4 is 34.4 Å². The second-order valence-electron chi connectivity index (χ2n) is 15.3. The summed E-state index contributed by atoms with van der Waals surface area (Å²) in [6.45, 7) is 4.84. The first-order valence-electron chi connectivity index (χ1n) is 19.7. The van der Waals surface area contributed by atoms with Crippen LogP contribution in [0.25, 0.3) is 44.3 Å². The predicted molar refractivity (Wildman–Crippen MR) is 210 cm³/mol. The minimum Gasteiger partial charge on any atom is -0.429 e. The maximum Gasteiger partial charge on any atom is 0.373 e. The minimum absolute atomic E-state index is 0.250. The molecule has 4 aromatic carbocycles. The molecule has 270 valence electrons. The third-order valence-electron chi connectivity index (χ3n) is 12.3. The molecule has 2 aliphatic heterocycles. The highest BCUT2D eigenvalue weighted by molar-refractivity contribution is 5.95. The molecule has 6 nitrogen and oxygen atoms in total. The van der Waals surface area contributed by atoms with Crippen LogP contribution in [0.3, 0.4) is 0 Å². The van der Waals surface area contributed by atoms with Crippen molar-refractivity contribution in [2.24, 2.45) is 0 Å². The zero-order chi connectivity index (χ0) is 36.3. The smallest absolute Gasteiger partial charge is 0.373 e. The van der Waals surface area contributed by atoms with Gasteiger partial charge in [-0.05, 0) is 103 Å². The van der Waals surface area contributed by atoms with Gasteiger partial charge in [0.15, 0.2) is 0 Å². The van der Waals surface area contributed by atoms with Crippen molar-refractivity contribution in [3.05, 3.63) is 113 Å². The average Bonchev–Trinajstić information content (AvgIpc) is 3.72. The molecular weight excluding hydrogens is 657 g/mol. The number of hydrogen-bond donors (Lipinski definition) is 0. The lowest BCUT2D eigenvalue weighted by Crippen LogP contribution is -2.13. The highest BCUT2D eigenvalue weighted by atomic mass is 16.5. The molecule has 0 N–H and O–H groups in total. The molecule has 2 saturated carbocycles. The monoisotopic (exact) mass is 704 g/mol. The fourth-order valence-electron chi connectivity index (χ4n) is 10.0. The van der Waals surface area contributed by atoms with E-state index in [1.165, 1.54) is 131 Å². The molecule has 6 aromatic rings. The quantitative estimate of drug-likeness (QED) is 0.171. The number of ether oxygens (including phenoxy) is 1. The number of fused-ring (bicyclic) bond motifs is 10. The zero-order valence-electron chi connectivity index (χ0n) is 30.7. The van der Waals surface area contributed by atoms with Crippen LogP contribution in [0.1, 0.15) is 104 Å². The number of aromatic nitrogens is 2. The molecule has 0 spiro atoms. The van der Waals surface area contributed by atoms with Gasteiger partial charge in [-0.1, -0.05) is 99.2 Å². The van der Waals surface area contributed by atoms with Gasteiger partial charge in [0.05, 0.1) is 16.9 Å². The lowest BCUT2D eigenvalue weighted by Gasteiger charge is -2.26. The fourth-order valence-corrected chi connectivity index (χ4v) is 10.0. The van der Waals surface area contributed by atoms with Crippen LogP contribution in [0.4, 0.5) is 0 Å². The van der Waals surface area contributed by atoms with E-state index in [0.29, 0.717) is 18.1 Å². The van der Waals surface area contributed by atoms with E-state index in [4.69, 9.17) is 14.3 Å². The molecule has 2 aliphatic carbocycles. The van der Waals surface area contributed by atoms with Crippen LogP contribution >= 0.6 is 0 Å². The largest absolute Gasteiger partial charge is 0.429 e. The summed E-state index contributed by atoms with van der Waals surface area (Å²) in [6, 6.07) is 31.1. The maximum atomic E-state index is 10.8. The Morgan fingerprint density at radius 3 is 1.60 bits per heavy atom. The first-order valence-corrected chi connectivity index (χ1v) is 19.7. The molecule has 2 aromatic heterocycles. The normalized spacial score (nSPS) is 16.5. The second-order valence-corrected chi connectivity index (χ2v) is 15.3. The molecule has 10 rings (SSSR count). The Bertz CT molecular complexity index is 2310. The summed E-state index contributed by atoms with van der Waals surface area (Å²) >= 11 is 0. The summed E-state index contributed by atoms with van der Waals surface area (Å²) in [6.07, 6.45) is 16.0. The van der Waals surface area contributed by atoms with Crippen molar-refractivity contribution < 1.29 is 19.1 Å². The first-order chi connectivity index (χ1) is 26.1. The minimum atomic E-state index is 0.250. The third-order valence-corrected chi connectivity index (χ3v) is 12.3. The van der Waals surface area contributed by atoms with Crippen LogP contribution in [-0.2, 0) is 40.3 Å². The van der Waals surface area contributed by atoms with Gasteiger partial charge in [-0.15, -0.1) is 0 Å². The van der Waals surface area contributed by atoms with Crippen molar-refractivity contribution in [3.63, 3.8) is 0 Å². The molecule has 0 bridgehead atoms. The van der Waals surface area contributed by atoms with Crippen LogP contribution in [0, 0.1) is 6.92 Å². The molecule has 0 unspecified atom stereocenters. The fraction of sp³-hybridized carbons (Fsp3) is 0.362. The van der Waals surface area contributed by atoms with E-state index < -0.39 is 0 Å². The van der Waals surface area contributed by atoms with Gasteiger partial charge in [-0.25, -0.2) is 0 Å². The van der Waals surface area contributed by atoms with Gasteiger partial charge in [0.25, 0.3) is 6.47 Å². The van der Waals surface area contributed by atoms with E-state index in [2.05, 4.69) is 88.9 Å². The summed E-state index contributed by atoms with van der Waals surface area (Å²) in [5, 5.41) is 2.85. The van der Waals surface area contributed by atoms with Crippen LogP contribution in [0.15, 0.2) is 84.9 Å². The molecule has 4 aliphatic rings. The van der Waals surface area contributed by atoms with Gasteiger partial charge in [0.1, 0.15) is 5.75 Å². The average molecular weight is 705 g/mol. The molecule has 0 atom stereocenters. The van der Waals surface area contributed by atoms with Crippen molar-refractivity contribution in [1.29, 1.82) is 0 Å². The van der Waals surface area contributed by atoms with Gasteiger partial charge < -0.3 is 13.9 Å². The van der Waals surface area contributed by atoms with Gasteiger partial charge in [0.2, 0.25) is 0 Å². The van der Waals surface area contributed by atoms with Gasteiger partial charge in [-0.3, -0.25) is 4.79 Å². The van der Waals surface area contributed by atoms with Crippen LogP contribution in [-0.4, -0.2) is 21.8 Å². The van der Waals surface area contributed by atoms with Crippen LogP contribution in [0.5, 0.6) is 5.75 Å². The lowest BCUT2D eigenvalue weighted by atomic mass is 9.81. The number of hydrogen-bond acceptors (Lipinski definition) is 4. The highest BCUT2D eigenvalue weighted by Crippen LogP contribution is 2.48. The Labute approximate surface area is 311 Å². The van der Waals surface area contributed by atoms with E-state index in [0.717, 1.165) is 31.8 Å². The molecule has 0 amide bonds. The SMILES string of the molecule is Cc1ccc2c(C3CCCCC3)c3n(c2c1)CCc1ccccc1-3.O=C=O.O=COc1ccc2c(C3CCCCC3)c3n(c2c1)CCc1ccccc1-3. The number of carbonyl (C=O) groups is 1. The standard InChI is InChI=1S/C23H23NO2.C23H25N.CO2/c25-15-26-18-10-11-20-21(14-18)24-13-12-16-6-4-5-9-19(16)23(24)22(20)17-7-2-1-3-8-17;1-16-11-12-20-21(15-16)24-14-13-17-7-5-6-10-19(17)23(24)22(20)18-8-3-2-4-9-18;2-1-3/h4-6,9-11,14-15,17H,1-3,7-8,12-13H2;5-7,10-12,15,18H,2-4,8-9,13-14H2,1H3;. The van der Waals surface area contributed by atoms with E-state index in [1.54, 1.807) is 5.56 Å². The van der Waals surface area contributed by atoms with Crippen molar-refractivity contribution in [3.8, 4) is 28.3 Å². The van der Waals surface area contributed by atoms with E-state index in [1.807, 2.05) is 12.1 Å². The summed E-state index contributed by atoms with van der Waals surface area (Å²) in [4.78, 5) is 27.0. The predicted octanol–water partition coefficient (Wildman–Crippen LogP) is 11.1. The number of benzene rings is 4. The van der Waals surface area contributed by atoms with Crippen LogP contribution in [0.2, 0.25) is 0 Å². The molecule has 0 radical (unpaired) electrons. The Kier molecular flexibility index (Phi) is 10.1. The first kappa shape index (κ1) is 34.9. The van der Waals surface area contributed by atoms with E-state index in [-0.39, 0.29) is 6.15 Å². The number of carbonyl (C=O) groups excluding carboxylic acids is 3. The molecular formula is C47H48N2O4. The number of nitrogens with zero attached hydrogens (tertiary/aromatic N) is 2. The van der Waals surface area contributed by atoms with Gasteiger partial charge in [0, 0.05) is 46.6 Å². The Morgan fingerprint density at radius 2 is 1.09 bits per heavy atom. The van der Waals surface area contributed by atoms with Crippen LogP contribution < -0.4 is 4.74 Å². The number of rotatable bonds is 4. The zero-order valence-corrected chi connectivity index (χ0v) is 30.7. The van der Waals surface area contributed by atoms with Crippen molar-refractivity contribution in [2.75, 3.05) is 0 Å². The Hall–Kier alpha value is -5.19. The Morgan fingerprint density at radius 1 is 0.623 bits per heavy atom. The van der Waals surface area contributed by atoms with Gasteiger partial charge >= 0.3 is 6.15 Å². The van der Waals surface area contributed by atoms with Crippen molar-refractivity contribution in [1.82, 2.24) is 9.13 Å². The van der Waals surface area contributed by atoms with Crippen molar-refractivity contribution in [2.45, 2.75) is 109 Å². The lowest BCUT2D eigenvalue weighted by molar-refractivity contribution is -0.191. The molecule has 53 heavy (non-hydrogen) atoms. The topological polar surface area (TPSA) is 70.3 Å².